The Balaban J connectivity index is 1.68. The molecule has 0 N–H and O–H groups in total. The fourth-order valence-corrected chi connectivity index (χ4v) is 3.30. The van der Waals surface area contributed by atoms with E-state index < -0.39 is 5.97 Å². The molecule has 7 nitrogen and oxygen atoms in total. The van der Waals surface area contributed by atoms with E-state index in [0.29, 0.717) is 28.1 Å². The van der Waals surface area contributed by atoms with Crippen molar-refractivity contribution in [2.45, 2.75) is 45.3 Å². The molecule has 3 aromatic rings. The predicted molar refractivity (Wildman–Crippen MR) is 99.5 cm³/mol. The summed E-state index contributed by atoms with van der Waals surface area (Å²) in [6.45, 7) is 5.03. The molecule has 3 aromatic heterocycles. The maximum atomic E-state index is 12.8. The van der Waals surface area contributed by atoms with E-state index in [9.17, 15) is 4.79 Å². The van der Waals surface area contributed by atoms with Gasteiger partial charge in [0.15, 0.2) is 11.4 Å². The van der Waals surface area contributed by atoms with Crippen LogP contribution in [0.5, 0.6) is 0 Å². The lowest BCUT2D eigenvalue weighted by Crippen LogP contribution is -2.26. The Morgan fingerprint density at radius 1 is 1.41 bits per heavy atom. The molecule has 0 aliphatic carbocycles. The molecule has 0 spiro atoms. The molecule has 1 aliphatic rings. The molecule has 0 saturated carbocycles. The third kappa shape index (κ3) is 3.60. The van der Waals surface area contributed by atoms with Crippen molar-refractivity contribution in [3.63, 3.8) is 0 Å². The molecule has 0 aromatic carbocycles. The molecule has 142 valence electrons. The highest BCUT2D eigenvalue weighted by molar-refractivity contribution is 6.03. The average Bonchev–Trinajstić information content (AvgIpc) is 3.35. The summed E-state index contributed by atoms with van der Waals surface area (Å²) in [5.41, 5.74) is 1.66. The van der Waals surface area contributed by atoms with Crippen LogP contribution < -0.4 is 0 Å². The van der Waals surface area contributed by atoms with Crippen LogP contribution in [0.3, 0.4) is 0 Å². The molecule has 1 atom stereocenters. The molecular weight excluding hydrogens is 346 g/mol. The quantitative estimate of drug-likeness (QED) is 0.633. The molecule has 4 heterocycles. The van der Waals surface area contributed by atoms with E-state index >= 15 is 0 Å². The summed E-state index contributed by atoms with van der Waals surface area (Å²) >= 11 is 0. The van der Waals surface area contributed by atoms with Gasteiger partial charge in [-0.05, 0) is 51.3 Å². The average molecular weight is 369 g/mol. The first-order valence-corrected chi connectivity index (χ1v) is 9.34. The fraction of sp³-hybridized carbons (Fsp3) is 0.450. The topological polar surface area (TPSA) is 79.4 Å². The number of furan rings is 1. The highest BCUT2D eigenvalue weighted by Crippen LogP contribution is 2.27. The van der Waals surface area contributed by atoms with Gasteiger partial charge < -0.3 is 13.9 Å². The predicted octanol–water partition coefficient (Wildman–Crippen LogP) is 4.00. The van der Waals surface area contributed by atoms with Crippen molar-refractivity contribution in [3.8, 4) is 11.5 Å². The molecule has 4 rings (SSSR count). The first-order chi connectivity index (χ1) is 13.1. The van der Waals surface area contributed by atoms with Gasteiger partial charge in [0, 0.05) is 12.6 Å². The van der Waals surface area contributed by atoms with Gasteiger partial charge in [-0.2, -0.15) is 5.10 Å². The van der Waals surface area contributed by atoms with Gasteiger partial charge >= 0.3 is 5.97 Å². The lowest BCUT2D eigenvalue weighted by molar-refractivity contribution is -0.0299. The van der Waals surface area contributed by atoms with Crippen molar-refractivity contribution in [2.75, 3.05) is 13.2 Å². The van der Waals surface area contributed by atoms with E-state index in [0.717, 1.165) is 25.9 Å². The minimum absolute atomic E-state index is 0.0250. The summed E-state index contributed by atoms with van der Waals surface area (Å²) < 4.78 is 18.5. The van der Waals surface area contributed by atoms with Crippen LogP contribution in [0.1, 0.15) is 49.5 Å². The van der Waals surface area contributed by atoms with Crippen LogP contribution in [0, 0.1) is 0 Å². The summed E-state index contributed by atoms with van der Waals surface area (Å²) in [6, 6.07) is 5.42. The normalized spacial score (nSPS) is 17.5. The number of carbonyl (C=O) groups excluding carboxylic acids is 1. The maximum absolute atomic E-state index is 12.8. The Bertz CT molecular complexity index is 924. The van der Waals surface area contributed by atoms with Crippen molar-refractivity contribution in [1.82, 2.24) is 14.8 Å². The van der Waals surface area contributed by atoms with Crippen LogP contribution in [0.15, 0.2) is 35.1 Å². The van der Waals surface area contributed by atoms with Crippen LogP contribution in [0.2, 0.25) is 0 Å². The first kappa shape index (κ1) is 17.7. The third-order valence-corrected chi connectivity index (χ3v) is 4.72. The molecule has 1 aliphatic heterocycles. The summed E-state index contributed by atoms with van der Waals surface area (Å²) in [5, 5.41) is 5.08. The molecule has 1 unspecified atom stereocenters. The second-order valence-corrected chi connectivity index (χ2v) is 7.04. The van der Waals surface area contributed by atoms with Crippen molar-refractivity contribution >= 4 is 17.0 Å². The van der Waals surface area contributed by atoms with E-state index in [2.05, 4.69) is 10.1 Å². The number of nitrogens with zero attached hydrogens (tertiary/aromatic N) is 3. The van der Waals surface area contributed by atoms with Gasteiger partial charge in [0.05, 0.1) is 29.5 Å². The molecule has 27 heavy (non-hydrogen) atoms. The standard InChI is InChI=1S/C20H23N3O4/c1-13(2)23-19-16(11-21-23)15(10-17(22-19)18-7-5-9-26-18)20(24)27-12-14-6-3-4-8-25-14/h5,7,9-11,13-14H,3-4,6,8,12H2,1-2H3. The number of ether oxygens (including phenoxy) is 2. The van der Waals surface area contributed by atoms with Gasteiger partial charge in [0.25, 0.3) is 0 Å². The summed E-state index contributed by atoms with van der Waals surface area (Å²) in [5.74, 6) is 0.200. The van der Waals surface area contributed by atoms with Crippen molar-refractivity contribution in [2.24, 2.45) is 0 Å². The van der Waals surface area contributed by atoms with E-state index in [1.54, 1.807) is 29.3 Å². The van der Waals surface area contributed by atoms with Crippen LogP contribution in [0.4, 0.5) is 0 Å². The van der Waals surface area contributed by atoms with Gasteiger partial charge in [-0.3, -0.25) is 0 Å². The maximum Gasteiger partial charge on any atom is 0.339 e. The number of aromatic nitrogens is 3. The SMILES string of the molecule is CC(C)n1ncc2c(C(=O)OCC3CCCCO3)cc(-c3ccco3)nc21. The number of fused-ring (bicyclic) bond motifs is 1. The number of rotatable bonds is 5. The van der Waals surface area contributed by atoms with Crippen molar-refractivity contribution in [3.05, 3.63) is 36.2 Å². The van der Waals surface area contributed by atoms with Crippen molar-refractivity contribution < 1.29 is 18.7 Å². The van der Waals surface area contributed by atoms with Crippen LogP contribution in [-0.2, 0) is 9.47 Å². The monoisotopic (exact) mass is 369 g/mol. The van der Waals surface area contributed by atoms with Gasteiger partial charge in [-0.1, -0.05) is 0 Å². The number of carbonyl (C=O) groups is 1. The molecule has 0 bridgehead atoms. The van der Waals surface area contributed by atoms with Gasteiger partial charge in [0.2, 0.25) is 0 Å². The number of hydrogen-bond acceptors (Lipinski definition) is 6. The number of esters is 1. The zero-order valence-corrected chi connectivity index (χ0v) is 15.6. The molecule has 0 amide bonds. The Kier molecular flexibility index (Phi) is 4.94. The second-order valence-electron chi connectivity index (χ2n) is 7.04. The first-order valence-electron chi connectivity index (χ1n) is 9.34. The summed E-state index contributed by atoms with van der Waals surface area (Å²) in [7, 11) is 0. The molecule has 0 radical (unpaired) electrons. The van der Waals surface area contributed by atoms with Crippen LogP contribution in [0.25, 0.3) is 22.5 Å². The highest BCUT2D eigenvalue weighted by atomic mass is 16.6. The largest absolute Gasteiger partial charge is 0.463 e. The number of hydrogen-bond donors (Lipinski definition) is 0. The zero-order chi connectivity index (χ0) is 18.8. The van der Waals surface area contributed by atoms with E-state index in [1.807, 2.05) is 19.9 Å². The lowest BCUT2D eigenvalue weighted by Gasteiger charge is -2.22. The van der Waals surface area contributed by atoms with E-state index in [4.69, 9.17) is 13.9 Å². The van der Waals surface area contributed by atoms with E-state index in [1.165, 1.54) is 0 Å². The zero-order valence-electron chi connectivity index (χ0n) is 15.6. The Morgan fingerprint density at radius 3 is 3.00 bits per heavy atom. The van der Waals surface area contributed by atoms with Gasteiger partial charge in [0.1, 0.15) is 12.3 Å². The third-order valence-electron chi connectivity index (χ3n) is 4.72. The van der Waals surface area contributed by atoms with Gasteiger partial charge in [-0.25, -0.2) is 14.5 Å². The minimum Gasteiger partial charge on any atom is -0.463 e. The van der Waals surface area contributed by atoms with Crippen LogP contribution in [-0.4, -0.2) is 40.1 Å². The Hall–Kier alpha value is -2.67. The highest BCUT2D eigenvalue weighted by Gasteiger charge is 2.22. The summed E-state index contributed by atoms with van der Waals surface area (Å²) in [4.78, 5) is 17.5. The molecule has 1 saturated heterocycles. The summed E-state index contributed by atoms with van der Waals surface area (Å²) in [6.07, 6.45) is 6.31. The Labute approximate surface area is 157 Å². The van der Waals surface area contributed by atoms with E-state index in [-0.39, 0.29) is 18.8 Å². The van der Waals surface area contributed by atoms with Crippen LogP contribution >= 0.6 is 0 Å². The molecule has 1 fully saturated rings. The molecule has 7 heteroatoms. The number of pyridine rings is 1. The minimum atomic E-state index is -0.396. The fourth-order valence-electron chi connectivity index (χ4n) is 3.30. The smallest absolute Gasteiger partial charge is 0.339 e. The second kappa shape index (κ2) is 7.52. The van der Waals surface area contributed by atoms with Gasteiger partial charge in [-0.15, -0.1) is 0 Å². The Morgan fingerprint density at radius 2 is 2.30 bits per heavy atom. The molecular formula is C20H23N3O4. The van der Waals surface area contributed by atoms with Crippen molar-refractivity contribution in [1.29, 1.82) is 0 Å². The lowest BCUT2D eigenvalue weighted by atomic mass is 10.1.